The Labute approximate surface area is 172 Å². The third kappa shape index (κ3) is 4.65. The summed E-state index contributed by atoms with van der Waals surface area (Å²) in [6, 6.07) is 7.61. The summed E-state index contributed by atoms with van der Waals surface area (Å²) >= 11 is 1.44. The molecule has 1 aromatic carbocycles. The number of hydrogen-bond donors (Lipinski definition) is 0. The van der Waals surface area contributed by atoms with Gasteiger partial charge in [-0.1, -0.05) is 12.1 Å². The van der Waals surface area contributed by atoms with E-state index in [-0.39, 0.29) is 17.9 Å². The number of hydrogen-bond acceptors (Lipinski definition) is 7. The second-order valence-corrected chi connectivity index (χ2v) is 7.33. The number of carbonyl (C=O) groups excluding carboxylic acids is 1. The third-order valence-electron chi connectivity index (χ3n) is 4.67. The zero-order valence-corrected chi connectivity index (χ0v) is 17.6. The molecule has 29 heavy (non-hydrogen) atoms. The van der Waals surface area contributed by atoms with E-state index in [1.165, 1.54) is 18.4 Å². The molecule has 0 bridgehead atoms. The first-order valence-electron chi connectivity index (χ1n) is 9.30. The second-order valence-electron chi connectivity index (χ2n) is 6.47. The topological polar surface area (TPSA) is 79.7 Å². The summed E-state index contributed by atoms with van der Waals surface area (Å²) < 4.78 is 16.8. The quantitative estimate of drug-likeness (QED) is 0.498. The number of methoxy groups -OCH3 is 3. The van der Waals surface area contributed by atoms with E-state index in [1.54, 1.807) is 18.8 Å². The molecule has 3 aromatic rings. The van der Waals surface area contributed by atoms with Gasteiger partial charge in [0.05, 0.1) is 26.2 Å². The van der Waals surface area contributed by atoms with E-state index in [9.17, 15) is 9.59 Å². The van der Waals surface area contributed by atoms with Crippen molar-refractivity contribution in [2.75, 3.05) is 27.9 Å². The molecule has 0 aliphatic carbocycles. The van der Waals surface area contributed by atoms with E-state index in [0.29, 0.717) is 42.0 Å². The number of ether oxygens (including phenoxy) is 3. The van der Waals surface area contributed by atoms with Crippen LogP contribution in [-0.2, 0) is 27.2 Å². The maximum absolute atomic E-state index is 13.4. The minimum Gasteiger partial charge on any atom is -0.497 e. The minimum atomic E-state index is -0.293. The van der Waals surface area contributed by atoms with Gasteiger partial charge in [0.1, 0.15) is 16.4 Å². The molecule has 0 aliphatic heterocycles. The number of thiophene rings is 1. The number of esters is 1. The van der Waals surface area contributed by atoms with E-state index >= 15 is 0 Å². The predicted molar refractivity (Wildman–Crippen MR) is 113 cm³/mol. The van der Waals surface area contributed by atoms with Crippen molar-refractivity contribution < 1.29 is 19.0 Å². The number of rotatable bonds is 9. The highest BCUT2D eigenvalue weighted by molar-refractivity contribution is 7.17. The Morgan fingerprint density at radius 2 is 2.07 bits per heavy atom. The van der Waals surface area contributed by atoms with Crippen molar-refractivity contribution in [1.82, 2.24) is 9.55 Å². The highest BCUT2D eigenvalue weighted by atomic mass is 32.1. The largest absolute Gasteiger partial charge is 0.497 e. The van der Waals surface area contributed by atoms with Crippen molar-refractivity contribution in [3.63, 3.8) is 0 Å². The molecular formula is C21H24N2O5S. The lowest BCUT2D eigenvalue weighted by Crippen LogP contribution is -2.26. The first kappa shape index (κ1) is 21.0. The Balaban J connectivity index is 2.07. The summed E-state index contributed by atoms with van der Waals surface area (Å²) in [6.45, 7) is 0.854. The van der Waals surface area contributed by atoms with E-state index in [4.69, 9.17) is 19.2 Å². The van der Waals surface area contributed by atoms with Crippen LogP contribution in [0.25, 0.3) is 21.3 Å². The molecule has 0 aliphatic rings. The maximum atomic E-state index is 13.4. The Hall–Kier alpha value is -2.71. The van der Waals surface area contributed by atoms with Crippen LogP contribution in [0.2, 0.25) is 0 Å². The molecule has 0 saturated carbocycles. The summed E-state index contributed by atoms with van der Waals surface area (Å²) in [6.07, 6.45) is 1.27. The third-order valence-corrected chi connectivity index (χ3v) is 5.55. The first-order valence-corrected chi connectivity index (χ1v) is 10.2. The van der Waals surface area contributed by atoms with E-state index < -0.39 is 0 Å². The highest BCUT2D eigenvalue weighted by Crippen LogP contribution is 2.32. The van der Waals surface area contributed by atoms with Gasteiger partial charge in [-0.2, -0.15) is 0 Å². The molecule has 0 spiro atoms. The van der Waals surface area contributed by atoms with Gasteiger partial charge in [0.15, 0.2) is 0 Å². The lowest BCUT2D eigenvalue weighted by molar-refractivity contribution is -0.140. The Kier molecular flexibility index (Phi) is 7.00. The molecule has 0 saturated heterocycles. The van der Waals surface area contributed by atoms with Crippen molar-refractivity contribution in [2.45, 2.75) is 25.8 Å². The molecular weight excluding hydrogens is 392 g/mol. The summed E-state index contributed by atoms with van der Waals surface area (Å²) in [7, 11) is 4.59. The normalized spacial score (nSPS) is 11.0. The van der Waals surface area contributed by atoms with Crippen molar-refractivity contribution in [3.05, 3.63) is 45.8 Å². The number of benzene rings is 1. The number of fused-ring (bicyclic) bond motifs is 1. The van der Waals surface area contributed by atoms with E-state index in [0.717, 1.165) is 16.9 Å². The van der Waals surface area contributed by atoms with Crippen LogP contribution in [0, 0.1) is 0 Å². The molecule has 7 nitrogen and oxygen atoms in total. The van der Waals surface area contributed by atoms with Crippen LogP contribution < -0.4 is 10.3 Å². The monoisotopic (exact) mass is 416 g/mol. The van der Waals surface area contributed by atoms with Gasteiger partial charge in [0.25, 0.3) is 5.56 Å². The molecule has 0 fully saturated rings. The number of aromatic nitrogens is 2. The molecule has 154 valence electrons. The molecule has 2 aromatic heterocycles. The lowest BCUT2D eigenvalue weighted by atomic mass is 10.1. The molecule has 2 heterocycles. The van der Waals surface area contributed by atoms with Crippen LogP contribution in [0.5, 0.6) is 5.75 Å². The summed E-state index contributed by atoms with van der Waals surface area (Å²) in [5.41, 5.74) is 1.63. The molecule has 3 rings (SSSR count). The fourth-order valence-electron chi connectivity index (χ4n) is 3.17. The van der Waals surface area contributed by atoms with Gasteiger partial charge in [-0.3, -0.25) is 14.2 Å². The van der Waals surface area contributed by atoms with Crippen LogP contribution in [0.3, 0.4) is 0 Å². The lowest BCUT2D eigenvalue weighted by Gasteiger charge is -2.13. The van der Waals surface area contributed by atoms with Gasteiger partial charge in [-0.15, -0.1) is 11.3 Å². The standard InChI is InChI=1S/C21H24N2O5S/c1-26-11-9-17-22-20-19(21(25)23(17)10-5-8-18(24)28-3)16(13-29-20)14-6-4-7-15(12-14)27-2/h4,6-7,12-13H,5,8-11H2,1-3H3. The van der Waals surface area contributed by atoms with Crippen LogP contribution in [-0.4, -0.2) is 43.5 Å². The Bertz CT molecular complexity index is 1060. The van der Waals surface area contributed by atoms with Crippen molar-refractivity contribution >= 4 is 27.5 Å². The number of nitrogens with zero attached hydrogens (tertiary/aromatic N) is 2. The fraction of sp³-hybridized carbons (Fsp3) is 0.381. The smallest absolute Gasteiger partial charge is 0.305 e. The second kappa shape index (κ2) is 9.67. The predicted octanol–water partition coefficient (Wildman–Crippen LogP) is 3.28. The highest BCUT2D eigenvalue weighted by Gasteiger charge is 2.17. The molecule has 0 N–H and O–H groups in total. The fourth-order valence-corrected chi connectivity index (χ4v) is 4.12. The number of carbonyl (C=O) groups is 1. The van der Waals surface area contributed by atoms with Gasteiger partial charge < -0.3 is 14.2 Å². The SMILES string of the molecule is COCCc1nc2scc(-c3cccc(OC)c3)c2c(=O)n1CCCC(=O)OC. The molecule has 0 unspecified atom stereocenters. The van der Waals surface area contributed by atoms with Gasteiger partial charge in [0.2, 0.25) is 0 Å². The molecule has 0 atom stereocenters. The van der Waals surface area contributed by atoms with Crippen LogP contribution in [0.4, 0.5) is 0 Å². The first-order chi connectivity index (χ1) is 14.1. The summed E-state index contributed by atoms with van der Waals surface area (Å²) in [5, 5.41) is 2.54. The summed E-state index contributed by atoms with van der Waals surface area (Å²) in [5.74, 6) is 1.09. The summed E-state index contributed by atoms with van der Waals surface area (Å²) in [4.78, 5) is 30.3. The van der Waals surface area contributed by atoms with Gasteiger partial charge in [-0.25, -0.2) is 4.98 Å². The van der Waals surface area contributed by atoms with Crippen molar-refractivity contribution in [3.8, 4) is 16.9 Å². The Morgan fingerprint density at radius 1 is 1.24 bits per heavy atom. The van der Waals surface area contributed by atoms with Crippen molar-refractivity contribution in [2.24, 2.45) is 0 Å². The van der Waals surface area contributed by atoms with Crippen LogP contribution in [0.15, 0.2) is 34.4 Å². The van der Waals surface area contributed by atoms with Gasteiger partial charge in [-0.05, 0) is 24.1 Å². The van der Waals surface area contributed by atoms with Crippen LogP contribution in [0.1, 0.15) is 18.7 Å². The van der Waals surface area contributed by atoms with Crippen molar-refractivity contribution in [1.29, 1.82) is 0 Å². The van der Waals surface area contributed by atoms with E-state index in [2.05, 4.69) is 0 Å². The van der Waals surface area contributed by atoms with Gasteiger partial charge in [0, 0.05) is 37.4 Å². The average molecular weight is 416 g/mol. The zero-order valence-electron chi connectivity index (χ0n) is 16.8. The molecule has 0 radical (unpaired) electrons. The minimum absolute atomic E-state index is 0.106. The molecule has 8 heteroatoms. The average Bonchev–Trinajstić information content (AvgIpc) is 3.18. The Morgan fingerprint density at radius 3 is 2.79 bits per heavy atom. The van der Waals surface area contributed by atoms with Crippen LogP contribution >= 0.6 is 11.3 Å². The van der Waals surface area contributed by atoms with E-state index in [1.807, 2.05) is 29.6 Å². The van der Waals surface area contributed by atoms with Gasteiger partial charge >= 0.3 is 5.97 Å². The maximum Gasteiger partial charge on any atom is 0.305 e. The zero-order chi connectivity index (χ0) is 20.8. The molecule has 0 amide bonds.